The van der Waals surface area contributed by atoms with E-state index in [9.17, 15) is 9.90 Å². The predicted molar refractivity (Wildman–Crippen MR) is 66.6 cm³/mol. The van der Waals surface area contributed by atoms with Gasteiger partial charge in [0, 0.05) is 6.04 Å². The van der Waals surface area contributed by atoms with Crippen LogP contribution in [0.3, 0.4) is 0 Å². The topological polar surface area (TPSA) is 43.8 Å². The van der Waals surface area contributed by atoms with Gasteiger partial charge in [-0.1, -0.05) is 12.1 Å². The third kappa shape index (κ3) is 1.95. The van der Waals surface area contributed by atoms with Crippen LogP contribution in [0.4, 0.5) is 5.69 Å². The van der Waals surface area contributed by atoms with Gasteiger partial charge in [-0.2, -0.15) is 0 Å². The number of rotatable bonds is 2. The lowest BCUT2D eigenvalue weighted by atomic mass is 10.2. The Morgan fingerprint density at radius 1 is 1.35 bits per heavy atom. The van der Waals surface area contributed by atoms with Crippen LogP contribution in [0.25, 0.3) is 0 Å². The maximum atomic E-state index is 11.9. The molecule has 0 saturated carbocycles. The molecule has 2 rings (SSSR count). The molecule has 1 fully saturated rings. The van der Waals surface area contributed by atoms with Gasteiger partial charge in [0.25, 0.3) is 0 Å². The number of carbonyl (C=O) groups excluding carboxylic acids is 1. The minimum atomic E-state index is 0.0817. The number of aromatic hydroxyl groups is 1. The molecule has 0 radical (unpaired) electrons. The molecule has 1 N–H and O–H groups in total. The molecule has 92 valence electrons. The molecule has 4 nitrogen and oxygen atoms in total. The van der Waals surface area contributed by atoms with Crippen LogP contribution < -0.4 is 5.01 Å². The Bertz CT molecular complexity index is 431. The number of hydrogen-bond donors (Lipinski definition) is 1. The first-order valence-electron chi connectivity index (χ1n) is 5.91. The number of hydrazine groups is 1. The monoisotopic (exact) mass is 234 g/mol. The van der Waals surface area contributed by atoms with E-state index < -0.39 is 0 Å². The van der Waals surface area contributed by atoms with Gasteiger partial charge in [0.05, 0.1) is 18.2 Å². The Hall–Kier alpha value is -1.71. The summed E-state index contributed by atoms with van der Waals surface area (Å²) in [7, 11) is 0. The van der Waals surface area contributed by atoms with Crippen LogP contribution in [0.15, 0.2) is 24.3 Å². The summed E-state index contributed by atoms with van der Waals surface area (Å²) < 4.78 is 0. The zero-order valence-corrected chi connectivity index (χ0v) is 10.4. The van der Waals surface area contributed by atoms with Crippen molar-refractivity contribution in [3.05, 3.63) is 24.3 Å². The van der Waals surface area contributed by atoms with E-state index in [0.29, 0.717) is 12.1 Å². The molecule has 1 unspecified atom stereocenters. The van der Waals surface area contributed by atoms with E-state index >= 15 is 0 Å². The number of para-hydroxylation sites is 2. The van der Waals surface area contributed by atoms with E-state index in [-0.39, 0.29) is 23.7 Å². The highest BCUT2D eigenvalue weighted by atomic mass is 16.3. The van der Waals surface area contributed by atoms with Gasteiger partial charge >= 0.3 is 0 Å². The Morgan fingerprint density at radius 3 is 2.59 bits per heavy atom. The second-order valence-electron chi connectivity index (χ2n) is 4.72. The number of nitrogens with zero attached hydrogens (tertiary/aromatic N) is 2. The van der Waals surface area contributed by atoms with E-state index in [1.165, 1.54) is 0 Å². The van der Waals surface area contributed by atoms with E-state index in [1.54, 1.807) is 17.1 Å². The average Bonchev–Trinajstić information content (AvgIpc) is 2.54. The number of benzene rings is 1. The quantitative estimate of drug-likeness (QED) is 0.852. The van der Waals surface area contributed by atoms with Gasteiger partial charge in [-0.05, 0) is 32.9 Å². The molecular formula is C13H18N2O2. The highest BCUT2D eigenvalue weighted by Crippen LogP contribution is 2.34. The first-order valence-corrected chi connectivity index (χ1v) is 5.91. The molecule has 0 spiro atoms. The largest absolute Gasteiger partial charge is 0.506 e. The molecule has 17 heavy (non-hydrogen) atoms. The van der Waals surface area contributed by atoms with Gasteiger partial charge in [-0.25, -0.2) is 0 Å². The normalized spacial score (nSPS) is 20.5. The molecular weight excluding hydrogens is 216 g/mol. The molecule has 1 heterocycles. The summed E-state index contributed by atoms with van der Waals surface area (Å²) in [5.74, 6) is 0.315. The van der Waals surface area contributed by atoms with E-state index in [0.717, 1.165) is 0 Å². The van der Waals surface area contributed by atoms with Crippen molar-refractivity contribution in [3.8, 4) is 5.75 Å². The fourth-order valence-electron chi connectivity index (χ4n) is 2.31. The zero-order chi connectivity index (χ0) is 12.6. The predicted octanol–water partition coefficient (Wildman–Crippen LogP) is 2.14. The van der Waals surface area contributed by atoms with Crippen LogP contribution in [-0.2, 0) is 4.79 Å². The standard InChI is InChI=1S/C13H18N2O2/c1-9(2)14-13(17)8-10(3)15(14)11-6-4-5-7-12(11)16/h4-7,9-10,16H,8H2,1-3H3. The molecule has 0 aromatic heterocycles. The fourth-order valence-corrected chi connectivity index (χ4v) is 2.31. The van der Waals surface area contributed by atoms with Gasteiger partial charge in [0.15, 0.2) is 0 Å². The number of carbonyl (C=O) groups is 1. The molecule has 1 saturated heterocycles. The van der Waals surface area contributed by atoms with E-state index in [2.05, 4.69) is 0 Å². The van der Waals surface area contributed by atoms with Crippen molar-refractivity contribution in [2.45, 2.75) is 39.3 Å². The third-order valence-electron chi connectivity index (χ3n) is 2.99. The number of amides is 1. The number of hydrogen-bond acceptors (Lipinski definition) is 3. The molecule has 1 aromatic carbocycles. The molecule has 1 amide bonds. The van der Waals surface area contributed by atoms with Crippen molar-refractivity contribution >= 4 is 11.6 Å². The molecule has 0 aliphatic carbocycles. The summed E-state index contributed by atoms with van der Waals surface area (Å²) in [6.07, 6.45) is 0.493. The van der Waals surface area contributed by atoms with E-state index in [1.807, 2.05) is 37.9 Å². The molecule has 1 aliphatic heterocycles. The van der Waals surface area contributed by atoms with Crippen LogP contribution in [0.5, 0.6) is 5.75 Å². The summed E-state index contributed by atoms with van der Waals surface area (Å²) >= 11 is 0. The third-order valence-corrected chi connectivity index (χ3v) is 2.99. The van der Waals surface area contributed by atoms with Crippen LogP contribution in [0.2, 0.25) is 0 Å². The number of phenolic OH excluding ortho intramolecular Hbond substituents is 1. The lowest BCUT2D eigenvalue weighted by Gasteiger charge is -2.35. The fraction of sp³-hybridized carbons (Fsp3) is 0.462. The Balaban J connectivity index is 2.42. The summed E-state index contributed by atoms with van der Waals surface area (Å²) in [6, 6.07) is 7.29. The SMILES string of the molecule is CC(C)N1C(=O)CC(C)N1c1ccccc1O. The van der Waals surface area contributed by atoms with Crippen LogP contribution in [0, 0.1) is 0 Å². The maximum absolute atomic E-state index is 11.9. The molecule has 0 bridgehead atoms. The second-order valence-corrected chi connectivity index (χ2v) is 4.72. The van der Waals surface area contributed by atoms with Gasteiger partial charge in [-0.15, -0.1) is 0 Å². The highest BCUT2D eigenvalue weighted by molar-refractivity contribution is 5.83. The number of phenols is 1. The van der Waals surface area contributed by atoms with Crippen molar-refractivity contribution in [1.82, 2.24) is 5.01 Å². The number of anilines is 1. The van der Waals surface area contributed by atoms with E-state index in [4.69, 9.17) is 0 Å². The smallest absolute Gasteiger partial charge is 0.243 e. The van der Waals surface area contributed by atoms with Crippen LogP contribution >= 0.6 is 0 Å². The first-order chi connectivity index (χ1) is 8.02. The Morgan fingerprint density at radius 2 is 2.00 bits per heavy atom. The van der Waals surface area contributed by atoms with Crippen molar-refractivity contribution in [2.24, 2.45) is 0 Å². The lowest BCUT2D eigenvalue weighted by Crippen LogP contribution is -2.46. The van der Waals surface area contributed by atoms with Crippen molar-refractivity contribution in [3.63, 3.8) is 0 Å². The summed E-state index contributed by atoms with van der Waals surface area (Å²) in [5.41, 5.74) is 0.694. The van der Waals surface area contributed by atoms with Crippen molar-refractivity contribution in [2.75, 3.05) is 5.01 Å². The van der Waals surface area contributed by atoms with Gasteiger partial charge in [0.1, 0.15) is 5.75 Å². The molecule has 4 heteroatoms. The average molecular weight is 234 g/mol. The van der Waals surface area contributed by atoms with Gasteiger partial charge in [-0.3, -0.25) is 14.8 Å². The molecule has 1 atom stereocenters. The highest BCUT2D eigenvalue weighted by Gasteiger charge is 2.37. The summed E-state index contributed by atoms with van der Waals surface area (Å²) in [5, 5.41) is 13.5. The minimum Gasteiger partial charge on any atom is -0.506 e. The Kier molecular flexibility index (Phi) is 2.96. The maximum Gasteiger partial charge on any atom is 0.243 e. The van der Waals surface area contributed by atoms with Gasteiger partial charge in [0.2, 0.25) is 5.91 Å². The van der Waals surface area contributed by atoms with Crippen molar-refractivity contribution < 1.29 is 9.90 Å². The minimum absolute atomic E-state index is 0.0817. The summed E-state index contributed by atoms with van der Waals surface area (Å²) in [4.78, 5) is 11.9. The van der Waals surface area contributed by atoms with Crippen LogP contribution in [-0.4, -0.2) is 28.1 Å². The van der Waals surface area contributed by atoms with Crippen molar-refractivity contribution in [1.29, 1.82) is 0 Å². The second kappa shape index (κ2) is 4.28. The molecule has 1 aromatic rings. The Labute approximate surface area is 101 Å². The summed E-state index contributed by atoms with van der Waals surface area (Å²) in [6.45, 7) is 5.94. The first kappa shape index (κ1) is 11.8. The zero-order valence-electron chi connectivity index (χ0n) is 10.4. The van der Waals surface area contributed by atoms with Crippen LogP contribution in [0.1, 0.15) is 27.2 Å². The molecule has 1 aliphatic rings. The lowest BCUT2D eigenvalue weighted by molar-refractivity contribution is -0.129. The van der Waals surface area contributed by atoms with Gasteiger partial charge < -0.3 is 5.11 Å².